The Morgan fingerprint density at radius 1 is 1.43 bits per heavy atom. The highest BCUT2D eigenvalue weighted by Crippen LogP contribution is 2.16. The molecule has 21 heavy (non-hydrogen) atoms. The second-order valence-electron chi connectivity index (χ2n) is 5.61. The summed E-state index contributed by atoms with van der Waals surface area (Å²) in [6.45, 7) is 4.60. The highest BCUT2D eigenvalue weighted by molar-refractivity contribution is 4.92. The van der Waals surface area contributed by atoms with E-state index in [2.05, 4.69) is 22.4 Å². The maximum absolute atomic E-state index is 5.71. The van der Waals surface area contributed by atoms with E-state index >= 15 is 0 Å². The molecule has 0 bridgehead atoms. The van der Waals surface area contributed by atoms with Crippen molar-refractivity contribution in [2.45, 2.75) is 57.6 Å². The Labute approximate surface area is 126 Å². The van der Waals surface area contributed by atoms with Crippen molar-refractivity contribution in [3.05, 3.63) is 11.7 Å². The predicted molar refractivity (Wildman–Crippen MR) is 79.3 cm³/mol. The zero-order valence-electron chi connectivity index (χ0n) is 13.1. The van der Waals surface area contributed by atoms with Gasteiger partial charge in [0.15, 0.2) is 5.82 Å². The topological polar surface area (TPSA) is 69.4 Å². The first-order valence-corrected chi connectivity index (χ1v) is 7.97. The summed E-state index contributed by atoms with van der Waals surface area (Å²) in [4.78, 5) is 4.48. The maximum atomic E-state index is 5.71. The first-order valence-electron chi connectivity index (χ1n) is 7.97. The molecule has 0 aliphatic carbocycles. The molecule has 6 nitrogen and oxygen atoms in total. The monoisotopic (exact) mass is 297 g/mol. The number of nitrogens with zero attached hydrogens (tertiary/aromatic N) is 2. The molecule has 2 atom stereocenters. The third-order valence-corrected chi connectivity index (χ3v) is 3.67. The van der Waals surface area contributed by atoms with E-state index in [1.165, 1.54) is 6.42 Å². The normalized spacial score (nSPS) is 20.6. The largest absolute Gasteiger partial charge is 0.383 e. The molecule has 1 N–H and O–H groups in total. The first-order chi connectivity index (χ1) is 10.3. The van der Waals surface area contributed by atoms with Crippen LogP contribution in [0.2, 0.25) is 0 Å². The van der Waals surface area contributed by atoms with Gasteiger partial charge in [-0.05, 0) is 32.2 Å². The van der Waals surface area contributed by atoms with Crippen LogP contribution >= 0.6 is 0 Å². The Balaban J connectivity index is 1.82. The number of rotatable bonds is 9. The summed E-state index contributed by atoms with van der Waals surface area (Å²) in [5.41, 5.74) is 0. The molecule has 1 fully saturated rings. The molecule has 1 saturated heterocycles. The van der Waals surface area contributed by atoms with Crippen LogP contribution in [0.1, 0.15) is 44.3 Å². The van der Waals surface area contributed by atoms with Crippen LogP contribution in [-0.2, 0) is 22.3 Å². The van der Waals surface area contributed by atoms with E-state index < -0.39 is 0 Å². The number of aromatic nitrogens is 2. The molecular weight excluding hydrogens is 270 g/mol. The fraction of sp³-hybridized carbons (Fsp3) is 0.867. The van der Waals surface area contributed by atoms with Crippen molar-refractivity contribution in [1.82, 2.24) is 15.5 Å². The Morgan fingerprint density at radius 2 is 2.33 bits per heavy atom. The molecule has 2 heterocycles. The van der Waals surface area contributed by atoms with Crippen molar-refractivity contribution >= 4 is 0 Å². The standard InChI is InChI=1S/C15H27N3O3/c1-3-7-16-12(11-19-2)9-15-17-14(18-21-15)10-13-6-4-5-8-20-13/h12-13,16H,3-11H2,1-2H3. The lowest BCUT2D eigenvalue weighted by Crippen LogP contribution is -2.35. The van der Waals surface area contributed by atoms with Crippen LogP contribution in [0.15, 0.2) is 4.52 Å². The third-order valence-electron chi connectivity index (χ3n) is 3.67. The lowest BCUT2D eigenvalue weighted by atomic mass is 10.1. The van der Waals surface area contributed by atoms with Crippen molar-refractivity contribution in [1.29, 1.82) is 0 Å². The van der Waals surface area contributed by atoms with E-state index in [1.54, 1.807) is 7.11 Å². The summed E-state index contributed by atoms with van der Waals surface area (Å²) in [5.74, 6) is 1.43. The molecule has 0 amide bonds. The van der Waals surface area contributed by atoms with E-state index in [9.17, 15) is 0 Å². The van der Waals surface area contributed by atoms with Crippen LogP contribution in [0, 0.1) is 0 Å². The third kappa shape index (κ3) is 5.73. The van der Waals surface area contributed by atoms with E-state index in [0.717, 1.165) is 44.7 Å². The summed E-state index contributed by atoms with van der Waals surface area (Å²) in [5, 5.41) is 7.50. The van der Waals surface area contributed by atoms with E-state index in [4.69, 9.17) is 14.0 Å². The maximum Gasteiger partial charge on any atom is 0.228 e. The quantitative estimate of drug-likeness (QED) is 0.748. The van der Waals surface area contributed by atoms with Crippen molar-refractivity contribution < 1.29 is 14.0 Å². The minimum absolute atomic E-state index is 0.217. The van der Waals surface area contributed by atoms with E-state index in [0.29, 0.717) is 18.9 Å². The number of ether oxygens (including phenoxy) is 2. The molecule has 0 radical (unpaired) electrons. The van der Waals surface area contributed by atoms with Gasteiger partial charge in [0.25, 0.3) is 0 Å². The Hall–Kier alpha value is -0.980. The van der Waals surface area contributed by atoms with Crippen molar-refractivity contribution in [3.63, 3.8) is 0 Å². The molecule has 0 saturated carbocycles. The average molecular weight is 297 g/mol. The number of methoxy groups -OCH3 is 1. The summed E-state index contributed by atoms with van der Waals surface area (Å²) in [6.07, 6.45) is 6.27. The van der Waals surface area contributed by atoms with Crippen LogP contribution in [0.5, 0.6) is 0 Å². The Morgan fingerprint density at radius 3 is 3.05 bits per heavy atom. The van der Waals surface area contributed by atoms with Crippen LogP contribution in [0.25, 0.3) is 0 Å². The zero-order chi connectivity index (χ0) is 14.9. The van der Waals surface area contributed by atoms with E-state index in [1.807, 2.05) is 0 Å². The summed E-state index contributed by atoms with van der Waals surface area (Å²) < 4.78 is 16.3. The molecular formula is C15H27N3O3. The second kappa shape index (κ2) is 9.12. The molecule has 120 valence electrons. The summed E-state index contributed by atoms with van der Waals surface area (Å²) in [7, 11) is 1.71. The molecule has 1 aliphatic heterocycles. The van der Waals surface area contributed by atoms with Gasteiger partial charge in [-0.1, -0.05) is 12.1 Å². The smallest absolute Gasteiger partial charge is 0.228 e. The van der Waals surface area contributed by atoms with E-state index in [-0.39, 0.29) is 12.1 Å². The summed E-state index contributed by atoms with van der Waals surface area (Å²) in [6, 6.07) is 0.217. The fourth-order valence-electron chi connectivity index (χ4n) is 2.58. The number of hydrogen-bond donors (Lipinski definition) is 1. The fourth-order valence-corrected chi connectivity index (χ4v) is 2.58. The van der Waals surface area contributed by atoms with Gasteiger partial charge < -0.3 is 19.3 Å². The van der Waals surface area contributed by atoms with Gasteiger partial charge in [0.1, 0.15) is 0 Å². The van der Waals surface area contributed by atoms with Crippen molar-refractivity contribution in [3.8, 4) is 0 Å². The predicted octanol–water partition coefficient (Wildman–Crippen LogP) is 1.74. The Kier molecular flexibility index (Phi) is 7.12. The first kappa shape index (κ1) is 16.4. The molecule has 0 spiro atoms. The Bertz CT molecular complexity index is 391. The molecule has 1 aromatic heterocycles. The van der Waals surface area contributed by atoms with Crippen molar-refractivity contribution in [2.75, 3.05) is 26.9 Å². The average Bonchev–Trinajstić information content (AvgIpc) is 2.93. The van der Waals surface area contributed by atoms with Gasteiger partial charge in [-0.25, -0.2) is 0 Å². The number of hydrogen-bond acceptors (Lipinski definition) is 6. The van der Waals surface area contributed by atoms with Gasteiger partial charge in [-0.15, -0.1) is 0 Å². The van der Waals surface area contributed by atoms with Gasteiger partial charge in [0, 0.05) is 32.6 Å². The van der Waals surface area contributed by atoms with Gasteiger partial charge in [0.2, 0.25) is 5.89 Å². The lowest BCUT2D eigenvalue weighted by Gasteiger charge is -2.20. The minimum Gasteiger partial charge on any atom is -0.383 e. The van der Waals surface area contributed by atoms with Gasteiger partial charge in [-0.2, -0.15) is 4.98 Å². The summed E-state index contributed by atoms with van der Waals surface area (Å²) >= 11 is 0. The van der Waals surface area contributed by atoms with Crippen molar-refractivity contribution in [2.24, 2.45) is 0 Å². The molecule has 1 aromatic rings. The minimum atomic E-state index is 0.217. The van der Waals surface area contributed by atoms with Gasteiger partial charge >= 0.3 is 0 Å². The molecule has 0 aromatic carbocycles. The highest BCUT2D eigenvalue weighted by Gasteiger charge is 2.19. The second-order valence-corrected chi connectivity index (χ2v) is 5.61. The highest BCUT2D eigenvalue weighted by atomic mass is 16.5. The molecule has 2 rings (SSSR count). The molecule has 2 unspecified atom stereocenters. The zero-order valence-corrected chi connectivity index (χ0v) is 13.1. The molecule has 1 aliphatic rings. The van der Waals surface area contributed by atoms with Gasteiger partial charge in [-0.3, -0.25) is 0 Å². The lowest BCUT2D eigenvalue weighted by molar-refractivity contribution is 0.0153. The number of nitrogens with one attached hydrogen (secondary N) is 1. The SMILES string of the molecule is CCCNC(COC)Cc1nc(CC2CCCCO2)no1. The van der Waals surface area contributed by atoms with Crippen LogP contribution in [-0.4, -0.2) is 49.2 Å². The van der Waals surface area contributed by atoms with Crippen LogP contribution in [0.4, 0.5) is 0 Å². The van der Waals surface area contributed by atoms with Crippen LogP contribution in [0.3, 0.4) is 0 Å². The van der Waals surface area contributed by atoms with Crippen LogP contribution < -0.4 is 5.32 Å². The molecule has 6 heteroatoms. The van der Waals surface area contributed by atoms with Gasteiger partial charge in [0.05, 0.1) is 12.7 Å².